The van der Waals surface area contributed by atoms with Crippen LogP contribution in [0.2, 0.25) is 0 Å². The fourth-order valence-corrected chi connectivity index (χ4v) is 2.72. The summed E-state index contributed by atoms with van der Waals surface area (Å²) in [4.78, 5) is 5.25. The van der Waals surface area contributed by atoms with Crippen LogP contribution in [0.4, 0.5) is 5.69 Å². The van der Waals surface area contributed by atoms with Gasteiger partial charge in [-0.1, -0.05) is 18.2 Å². The molecular weight excluding hydrogens is 268 g/mol. The quantitative estimate of drug-likeness (QED) is 0.721. The normalized spacial score (nSPS) is 10.4. The lowest BCUT2D eigenvalue weighted by molar-refractivity contribution is 0.413. The highest BCUT2D eigenvalue weighted by Crippen LogP contribution is 2.28. The first-order chi connectivity index (χ1) is 9.86. The molecule has 3 rings (SSSR count). The number of nitrogens with zero attached hydrogens (tertiary/aromatic N) is 1. The van der Waals surface area contributed by atoms with E-state index in [4.69, 9.17) is 4.74 Å². The fourth-order valence-electron chi connectivity index (χ4n) is 1.99. The zero-order chi connectivity index (χ0) is 13.8. The monoisotopic (exact) mass is 282 g/mol. The molecule has 100 valence electrons. The number of hydrogen-bond acceptors (Lipinski definition) is 4. The molecule has 4 heteroatoms. The Morgan fingerprint density at radius 2 is 2.00 bits per heavy atom. The number of pyridine rings is 1. The Kier molecular flexibility index (Phi) is 3.74. The summed E-state index contributed by atoms with van der Waals surface area (Å²) in [6.45, 7) is 0. The Labute approximate surface area is 122 Å². The van der Waals surface area contributed by atoms with E-state index in [2.05, 4.69) is 21.8 Å². The third-order valence-corrected chi connectivity index (χ3v) is 3.81. The molecule has 0 saturated heterocycles. The van der Waals surface area contributed by atoms with Gasteiger partial charge in [0.1, 0.15) is 5.75 Å². The van der Waals surface area contributed by atoms with E-state index < -0.39 is 0 Å². The van der Waals surface area contributed by atoms with Gasteiger partial charge in [-0.15, -0.1) is 0 Å². The lowest BCUT2D eigenvalue weighted by atomic mass is 10.1. The van der Waals surface area contributed by atoms with E-state index in [1.165, 1.54) is 0 Å². The number of ether oxygens (including phenoxy) is 1. The lowest BCUT2D eigenvalue weighted by Crippen LogP contribution is -1.89. The minimum atomic E-state index is 0.860. The average molecular weight is 282 g/mol. The Bertz CT molecular complexity index is 725. The minimum Gasteiger partial charge on any atom is -0.497 e. The van der Waals surface area contributed by atoms with Crippen LogP contribution >= 0.6 is 11.9 Å². The van der Waals surface area contributed by atoms with Gasteiger partial charge in [0.15, 0.2) is 0 Å². The number of anilines is 1. The third-order valence-electron chi connectivity index (χ3n) is 3.00. The van der Waals surface area contributed by atoms with Crippen LogP contribution in [0.15, 0.2) is 65.8 Å². The van der Waals surface area contributed by atoms with Crippen LogP contribution in [0.25, 0.3) is 10.8 Å². The highest BCUT2D eigenvalue weighted by atomic mass is 32.2. The zero-order valence-corrected chi connectivity index (χ0v) is 11.9. The van der Waals surface area contributed by atoms with Gasteiger partial charge in [-0.3, -0.25) is 4.98 Å². The van der Waals surface area contributed by atoms with Crippen LogP contribution in [0.1, 0.15) is 0 Å². The molecule has 1 heterocycles. The van der Waals surface area contributed by atoms with Crippen LogP contribution in [0, 0.1) is 0 Å². The van der Waals surface area contributed by atoms with Crippen molar-refractivity contribution >= 4 is 28.4 Å². The largest absolute Gasteiger partial charge is 0.497 e. The minimum absolute atomic E-state index is 0.860. The molecule has 3 nitrogen and oxygen atoms in total. The summed E-state index contributed by atoms with van der Waals surface area (Å²) in [5.41, 5.74) is 1.08. The van der Waals surface area contributed by atoms with Gasteiger partial charge in [0, 0.05) is 28.1 Å². The number of fused-ring (bicyclic) bond motifs is 1. The van der Waals surface area contributed by atoms with Crippen molar-refractivity contribution in [1.82, 2.24) is 4.98 Å². The van der Waals surface area contributed by atoms with Crippen molar-refractivity contribution in [3.8, 4) is 5.75 Å². The van der Waals surface area contributed by atoms with Crippen LogP contribution in [0.3, 0.4) is 0 Å². The van der Waals surface area contributed by atoms with Crippen molar-refractivity contribution in [2.75, 3.05) is 11.8 Å². The summed E-state index contributed by atoms with van der Waals surface area (Å²) in [6.07, 6.45) is 3.68. The van der Waals surface area contributed by atoms with Crippen molar-refractivity contribution in [2.24, 2.45) is 0 Å². The van der Waals surface area contributed by atoms with Gasteiger partial charge in [-0.05, 0) is 42.3 Å². The van der Waals surface area contributed by atoms with Gasteiger partial charge < -0.3 is 9.46 Å². The van der Waals surface area contributed by atoms with Crippen LogP contribution in [-0.2, 0) is 0 Å². The van der Waals surface area contributed by atoms with Crippen molar-refractivity contribution in [3.63, 3.8) is 0 Å². The topological polar surface area (TPSA) is 34.1 Å². The first-order valence-corrected chi connectivity index (χ1v) is 7.08. The van der Waals surface area contributed by atoms with Crippen LogP contribution < -0.4 is 9.46 Å². The second-order valence-electron chi connectivity index (χ2n) is 4.29. The van der Waals surface area contributed by atoms with Gasteiger partial charge in [-0.2, -0.15) is 0 Å². The first kappa shape index (κ1) is 12.8. The summed E-state index contributed by atoms with van der Waals surface area (Å²) in [5, 5.41) is 2.29. The number of benzene rings is 2. The Balaban J connectivity index is 1.83. The molecule has 0 saturated carbocycles. The molecule has 20 heavy (non-hydrogen) atoms. The molecular formula is C16H14N2OS. The lowest BCUT2D eigenvalue weighted by Gasteiger charge is -2.09. The molecule has 0 spiro atoms. The number of methoxy groups -OCH3 is 1. The predicted octanol–water partition coefficient (Wildman–Crippen LogP) is 4.36. The van der Waals surface area contributed by atoms with Gasteiger partial charge in [0.2, 0.25) is 0 Å². The van der Waals surface area contributed by atoms with E-state index in [0.29, 0.717) is 0 Å². The van der Waals surface area contributed by atoms with Crippen LogP contribution in [0.5, 0.6) is 5.75 Å². The molecule has 0 atom stereocenters. The van der Waals surface area contributed by atoms with E-state index in [-0.39, 0.29) is 0 Å². The fraction of sp³-hybridized carbons (Fsp3) is 0.0625. The molecule has 0 aliphatic heterocycles. The van der Waals surface area contributed by atoms with Crippen molar-refractivity contribution in [1.29, 1.82) is 0 Å². The third kappa shape index (κ3) is 2.70. The maximum Gasteiger partial charge on any atom is 0.120 e. The second-order valence-corrected chi connectivity index (χ2v) is 5.17. The maximum absolute atomic E-state index is 5.23. The number of hydrogen-bond donors (Lipinski definition) is 1. The van der Waals surface area contributed by atoms with Crippen molar-refractivity contribution < 1.29 is 4.74 Å². The first-order valence-electron chi connectivity index (χ1n) is 6.26. The van der Waals surface area contributed by atoms with Gasteiger partial charge >= 0.3 is 0 Å². The predicted molar refractivity (Wildman–Crippen MR) is 84.2 cm³/mol. The molecule has 0 unspecified atom stereocenters. The number of rotatable bonds is 4. The summed E-state index contributed by atoms with van der Waals surface area (Å²) in [7, 11) is 1.68. The average Bonchev–Trinajstić information content (AvgIpc) is 2.53. The standard InChI is InChI=1S/C16H14N2OS/c1-19-13-5-3-6-14(10-13)20-18-16-7-2-4-12-11-17-9-8-15(12)16/h2-11,18H,1H3. The Morgan fingerprint density at radius 3 is 2.90 bits per heavy atom. The molecule has 2 aromatic carbocycles. The van der Waals surface area contributed by atoms with Gasteiger partial charge in [0.05, 0.1) is 12.8 Å². The molecule has 0 aliphatic rings. The Morgan fingerprint density at radius 1 is 1.10 bits per heavy atom. The number of aromatic nitrogens is 1. The van der Waals surface area contributed by atoms with Gasteiger partial charge in [-0.25, -0.2) is 0 Å². The van der Waals surface area contributed by atoms with Crippen LogP contribution in [-0.4, -0.2) is 12.1 Å². The molecule has 0 fully saturated rings. The zero-order valence-electron chi connectivity index (χ0n) is 11.0. The number of nitrogens with one attached hydrogen (secondary N) is 1. The van der Waals surface area contributed by atoms with E-state index in [9.17, 15) is 0 Å². The molecule has 0 bridgehead atoms. The van der Waals surface area contributed by atoms with Crippen molar-refractivity contribution in [2.45, 2.75) is 4.90 Å². The summed E-state index contributed by atoms with van der Waals surface area (Å²) >= 11 is 1.57. The van der Waals surface area contributed by atoms with E-state index in [0.717, 1.165) is 27.1 Å². The second kappa shape index (κ2) is 5.84. The van der Waals surface area contributed by atoms with E-state index in [1.54, 1.807) is 19.1 Å². The van der Waals surface area contributed by atoms with E-state index in [1.807, 2.05) is 48.8 Å². The molecule has 1 aromatic heterocycles. The maximum atomic E-state index is 5.23. The van der Waals surface area contributed by atoms with Crippen molar-refractivity contribution in [3.05, 3.63) is 60.9 Å². The highest BCUT2D eigenvalue weighted by Gasteiger charge is 2.01. The summed E-state index contributed by atoms with van der Waals surface area (Å²) in [6, 6.07) is 16.1. The SMILES string of the molecule is COc1cccc(SNc2cccc3cnccc23)c1. The summed E-state index contributed by atoms with van der Waals surface area (Å²) in [5.74, 6) is 0.860. The van der Waals surface area contributed by atoms with Gasteiger partial charge in [0.25, 0.3) is 0 Å². The molecule has 1 N–H and O–H groups in total. The van der Waals surface area contributed by atoms with E-state index >= 15 is 0 Å². The molecule has 3 aromatic rings. The molecule has 0 aliphatic carbocycles. The smallest absolute Gasteiger partial charge is 0.120 e. The highest BCUT2D eigenvalue weighted by molar-refractivity contribution is 8.00. The molecule has 0 amide bonds. The Hall–Kier alpha value is -2.20. The molecule has 0 radical (unpaired) electrons. The summed E-state index contributed by atoms with van der Waals surface area (Å²) < 4.78 is 8.62.